The SMILES string of the molecule is COC(=O)C1=COC(O[C@@H]2O[C@H](CO)[C@@H](O)[C@H](O)[C@H]2O)[C@H]2[C@@H]1C=C[C@@]2(O)CO. The van der Waals surface area contributed by atoms with Gasteiger partial charge in [0.05, 0.1) is 38.1 Å². The summed E-state index contributed by atoms with van der Waals surface area (Å²) in [5.41, 5.74) is -1.70. The number of carbonyl (C=O) groups excluding carboxylic acids is 1. The number of hydrogen-bond donors (Lipinski definition) is 6. The van der Waals surface area contributed by atoms with E-state index >= 15 is 0 Å². The van der Waals surface area contributed by atoms with Gasteiger partial charge < -0.3 is 49.6 Å². The number of aliphatic hydroxyl groups is 6. The number of allylic oxidation sites excluding steroid dienone is 1. The summed E-state index contributed by atoms with van der Waals surface area (Å²) in [5.74, 6) is -2.40. The van der Waals surface area contributed by atoms with E-state index in [1.165, 1.54) is 19.3 Å². The molecule has 3 aliphatic rings. The Morgan fingerprint density at radius 1 is 1.18 bits per heavy atom. The van der Waals surface area contributed by atoms with Crippen LogP contribution in [0.25, 0.3) is 0 Å². The molecule has 0 spiro atoms. The van der Waals surface area contributed by atoms with E-state index in [1.54, 1.807) is 0 Å². The zero-order valence-electron chi connectivity index (χ0n) is 15.0. The maximum atomic E-state index is 12.0. The molecule has 0 aromatic carbocycles. The Kier molecular flexibility index (Phi) is 6.08. The van der Waals surface area contributed by atoms with Crippen LogP contribution in [0.3, 0.4) is 0 Å². The van der Waals surface area contributed by atoms with E-state index in [9.17, 15) is 35.4 Å². The van der Waals surface area contributed by atoms with Gasteiger partial charge in [-0.2, -0.15) is 0 Å². The lowest BCUT2D eigenvalue weighted by Crippen LogP contribution is -2.61. The first-order valence-corrected chi connectivity index (χ1v) is 8.69. The summed E-state index contributed by atoms with van der Waals surface area (Å²) in [4.78, 5) is 12.0. The predicted octanol–water partition coefficient (Wildman–Crippen LogP) is -3.26. The minimum absolute atomic E-state index is 0.0989. The van der Waals surface area contributed by atoms with E-state index in [0.717, 1.165) is 6.26 Å². The molecular weight excluding hydrogens is 380 g/mol. The molecule has 2 heterocycles. The highest BCUT2D eigenvalue weighted by Gasteiger charge is 2.55. The van der Waals surface area contributed by atoms with Crippen molar-refractivity contribution >= 4 is 5.97 Å². The van der Waals surface area contributed by atoms with Gasteiger partial charge in [0.1, 0.15) is 30.0 Å². The summed E-state index contributed by atoms with van der Waals surface area (Å²) in [7, 11) is 1.19. The van der Waals surface area contributed by atoms with E-state index in [1.807, 2.05) is 0 Å². The van der Waals surface area contributed by atoms with Crippen LogP contribution in [0.15, 0.2) is 24.0 Å². The van der Waals surface area contributed by atoms with Crippen LogP contribution in [0.5, 0.6) is 0 Å². The van der Waals surface area contributed by atoms with Gasteiger partial charge in [-0.05, 0) is 0 Å². The van der Waals surface area contributed by atoms with Gasteiger partial charge in [-0.1, -0.05) is 12.2 Å². The van der Waals surface area contributed by atoms with Gasteiger partial charge in [-0.15, -0.1) is 0 Å². The van der Waals surface area contributed by atoms with Gasteiger partial charge in [0.25, 0.3) is 0 Å². The van der Waals surface area contributed by atoms with Crippen LogP contribution in [0.4, 0.5) is 0 Å². The molecule has 1 fully saturated rings. The molecule has 0 amide bonds. The maximum absolute atomic E-state index is 12.0. The highest BCUT2D eigenvalue weighted by atomic mass is 16.8. The van der Waals surface area contributed by atoms with Gasteiger partial charge in [0.15, 0.2) is 6.29 Å². The van der Waals surface area contributed by atoms with E-state index in [4.69, 9.17) is 18.9 Å². The molecule has 0 aromatic rings. The Labute approximate surface area is 160 Å². The number of ether oxygens (including phenoxy) is 4. The molecule has 11 nitrogen and oxygen atoms in total. The van der Waals surface area contributed by atoms with Crippen LogP contribution in [0.2, 0.25) is 0 Å². The Morgan fingerprint density at radius 3 is 2.50 bits per heavy atom. The number of fused-ring (bicyclic) bond motifs is 1. The fourth-order valence-electron chi connectivity index (χ4n) is 3.71. The van der Waals surface area contributed by atoms with Gasteiger partial charge in [-0.25, -0.2) is 4.79 Å². The zero-order valence-corrected chi connectivity index (χ0v) is 15.0. The number of rotatable bonds is 5. The summed E-state index contributed by atoms with van der Waals surface area (Å²) < 4.78 is 21.0. The molecule has 1 saturated heterocycles. The third-order valence-electron chi connectivity index (χ3n) is 5.33. The van der Waals surface area contributed by atoms with Crippen LogP contribution in [0.1, 0.15) is 0 Å². The fraction of sp³-hybridized carbons (Fsp3) is 0.706. The highest BCUT2D eigenvalue weighted by molar-refractivity contribution is 5.89. The van der Waals surface area contributed by atoms with Crippen molar-refractivity contribution in [2.75, 3.05) is 20.3 Å². The average molecular weight is 404 g/mol. The first kappa shape index (κ1) is 21.1. The first-order chi connectivity index (χ1) is 13.3. The second kappa shape index (κ2) is 8.05. The number of methoxy groups -OCH3 is 1. The summed E-state index contributed by atoms with van der Waals surface area (Å²) in [6.07, 6.45) is -4.99. The fourth-order valence-corrected chi connectivity index (χ4v) is 3.71. The zero-order chi connectivity index (χ0) is 20.6. The lowest BCUT2D eigenvalue weighted by atomic mass is 9.79. The molecule has 3 rings (SSSR count). The third-order valence-corrected chi connectivity index (χ3v) is 5.33. The molecule has 0 bridgehead atoms. The molecule has 1 unspecified atom stereocenters. The molecule has 2 aliphatic heterocycles. The topological polar surface area (TPSA) is 175 Å². The predicted molar refractivity (Wildman–Crippen MR) is 88.0 cm³/mol. The molecule has 9 atom stereocenters. The summed E-state index contributed by atoms with van der Waals surface area (Å²) in [6.45, 7) is -1.34. The van der Waals surface area contributed by atoms with Crippen molar-refractivity contribution in [3.63, 3.8) is 0 Å². The monoisotopic (exact) mass is 404 g/mol. The normalized spacial score (nSPS) is 45.2. The van der Waals surface area contributed by atoms with E-state index < -0.39 is 73.6 Å². The smallest absolute Gasteiger partial charge is 0.337 e. The van der Waals surface area contributed by atoms with Gasteiger partial charge in [0.2, 0.25) is 6.29 Å². The molecule has 0 aromatic heterocycles. The quantitative estimate of drug-likeness (QED) is 0.200. The Balaban J connectivity index is 1.85. The van der Waals surface area contributed by atoms with Crippen LogP contribution in [0, 0.1) is 11.8 Å². The number of aliphatic hydroxyl groups excluding tert-OH is 5. The average Bonchev–Trinajstić information content (AvgIpc) is 3.06. The minimum atomic E-state index is -1.79. The number of esters is 1. The molecule has 158 valence electrons. The third kappa shape index (κ3) is 3.44. The van der Waals surface area contributed by atoms with E-state index in [2.05, 4.69) is 0 Å². The van der Waals surface area contributed by atoms with Gasteiger partial charge >= 0.3 is 5.97 Å². The first-order valence-electron chi connectivity index (χ1n) is 8.69. The molecule has 28 heavy (non-hydrogen) atoms. The molecule has 6 N–H and O–H groups in total. The second-order valence-electron chi connectivity index (χ2n) is 6.96. The lowest BCUT2D eigenvalue weighted by Gasteiger charge is -2.44. The van der Waals surface area contributed by atoms with Crippen molar-refractivity contribution in [1.82, 2.24) is 0 Å². The molecular formula is C17H24O11. The maximum Gasteiger partial charge on any atom is 0.337 e. The van der Waals surface area contributed by atoms with Crippen molar-refractivity contribution < 1.29 is 54.4 Å². The summed E-state index contributed by atoms with van der Waals surface area (Å²) >= 11 is 0. The Hall–Kier alpha value is -1.57. The van der Waals surface area contributed by atoms with E-state index in [-0.39, 0.29) is 5.57 Å². The van der Waals surface area contributed by atoms with Crippen molar-refractivity contribution in [3.8, 4) is 0 Å². The lowest BCUT2D eigenvalue weighted by molar-refractivity contribution is -0.346. The summed E-state index contributed by atoms with van der Waals surface area (Å²) in [5, 5.41) is 59.5. The molecule has 0 radical (unpaired) electrons. The Bertz CT molecular complexity index is 647. The van der Waals surface area contributed by atoms with Crippen LogP contribution >= 0.6 is 0 Å². The van der Waals surface area contributed by atoms with Crippen LogP contribution < -0.4 is 0 Å². The molecule has 0 saturated carbocycles. The summed E-state index contributed by atoms with van der Waals surface area (Å²) in [6, 6.07) is 0. The van der Waals surface area contributed by atoms with Gasteiger partial charge in [0, 0.05) is 5.92 Å². The van der Waals surface area contributed by atoms with Crippen LogP contribution in [-0.4, -0.2) is 99.5 Å². The largest absolute Gasteiger partial charge is 0.471 e. The standard InChI is InChI=1S/C17H24O11/c1-25-14(23)8-5-26-15(10-7(8)2-3-17(10,24)6-19)28-16-13(22)12(21)11(20)9(4-18)27-16/h2-3,5,7,9-13,15-16,18-22,24H,4,6H2,1H3/t7-,9-,10-,11-,12+,13-,15?,16+,17-/m1/s1. The van der Waals surface area contributed by atoms with Crippen molar-refractivity contribution in [1.29, 1.82) is 0 Å². The molecule has 1 aliphatic carbocycles. The Morgan fingerprint density at radius 2 is 1.89 bits per heavy atom. The van der Waals surface area contributed by atoms with Gasteiger partial charge in [-0.3, -0.25) is 0 Å². The number of hydrogen-bond acceptors (Lipinski definition) is 11. The highest BCUT2D eigenvalue weighted by Crippen LogP contribution is 2.45. The van der Waals surface area contributed by atoms with E-state index in [0.29, 0.717) is 0 Å². The number of carbonyl (C=O) groups is 1. The van der Waals surface area contributed by atoms with Crippen molar-refractivity contribution in [2.45, 2.75) is 42.6 Å². The minimum Gasteiger partial charge on any atom is -0.471 e. The van der Waals surface area contributed by atoms with Crippen molar-refractivity contribution in [2.24, 2.45) is 11.8 Å². The van der Waals surface area contributed by atoms with Crippen molar-refractivity contribution in [3.05, 3.63) is 24.0 Å². The molecule has 11 heteroatoms. The van der Waals surface area contributed by atoms with Crippen LogP contribution in [-0.2, 0) is 23.7 Å². The second-order valence-corrected chi connectivity index (χ2v) is 6.96.